The SMILES string of the molecule is COc1cccc(C(=O)O[C@H](C(=O)O)[C@@H](OC(=O)c2cccc(OC)c2)C(=O)Nc2cc(OC)ccc2OC)c1. The zero-order valence-electron chi connectivity index (χ0n) is 22.0. The minimum absolute atomic E-state index is 0.0422. The molecule has 210 valence electrons. The Bertz CT molecular complexity index is 1390. The molecule has 0 spiro atoms. The molecule has 12 nitrogen and oxygen atoms in total. The highest BCUT2D eigenvalue weighted by Gasteiger charge is 2.41. The third-order valence-electron chi connectivity index (χ3n) is 5.52. The normalized spacial score (nSPS) is 11.8. The molecule has 3 aromatic carbocycles. The van der Waals surface area contributed by atoms with Crippen molar-refractivity contribution in [2.75, 3.05) is 33.8 Å². The van der Waals surface area contributed by atoms with Crippen molar-refractivity contribution in [3.63, 3.8) is 0 Å². The summed E-state index contributed by atoms with van der Waals surface area (Å²) < 4.78 is 31.1. The Hall–Kier alpha value is -5.26. The van der Waals surface area contributed by atoms with Gasteiger partial charge >= 0.3 is 17.9 Å². The van der Waals surface area contributed by atoms with Crippen molar-refractivity contribution in [1.82, 2.24) is 0 Å². The van der Waals surface area contributed by atoms with Crippen LogP contribution in [0.15, 0.2) is 66.7 Å². The fourth-order valence-electron chi connectivity index (χ4n) is 3.48. The number of carboxylic acid groups (broad SMARTS) is 1. The zero-order valence-corrected chi connectivity index (χ0v) is 22.0. The van der Waals surface area contributed by atoms with Gasteiger partial charge in [-0.25, -0.2) is 14.4 Å². The molecule has 0 aliphatic heterocycles. The molecule has 3 aromatic rings. The first-order valence-electron chi connectivity index (χ1n) is 11.7. The lowest BCUT2D eigenvalue weighted by Gasteiger charge is -2.24. The van der Waals surface area contributed by atoms with Crippen LogP contribution in [0.25, 0.3) is 0 Å². The molecule has 0 radical (unpaired) electrons. The second-order valence-electron chi connectivity index (χ2n) is 8.01. The molecule has 1 amide bonds. The zero-order chi connectivity index (χ0) is 29.2. The van der Waals surface area contributed by atoms with Crippen molar-refractivity contribution in [3.05, 3.63) is 77.9 Å². The van der Waals surface area contributed by atoms with Crippen molar-refractivity contribution in [3.8, 4) is 23.0 Å². The topological polar surface area (TPSA) is 156 Å². The predicted molar refractivity (Wildman–Crippen MR) is 140 cm³/mol. The molecule has 40 heavy (non-hydrogen) atoms. The second kappa shape index (κ2) is 13.5. The summed E-state index contributed by atoms with van der Waals surface area (Å²) in [6.45, 7) is 0. The van der Waals surface area contributed by atoms with Crippen LogP contribution >= 0.6 is 0 Å². The number of hydrogen-bond acceptors (Lipinski definition) is 10. The quantitative estimate of drug-likeness (QED) is 0.318. The maximum Gasteiger partial charge on any atom is 0.349 e. The number of rotatable bonds is 12. The molecule has 0 saturated carbocycles. The number of methoxy groups -OCH3 is 4. The van der Waals surface area contributed by atoms with E-state index in [1.807, 2.05) is 0 Å². The second-order valence-corrected chi connectivity index (χ2v) is 8.01. The van der Waals surface area contributed by atoms with E-state index in [0.717, 1.165) is 0 Å². The molecular formula is C28H27NO11. The van der Waals surface area contributed by atoms with Crippen LogP contribution in [0.3, 0.4) is 0 Å². The van der Waals surface area contributed by atoms with Gasteiger partial charge in [-0.15, -0.1) is 0 Å². The van der Waals surface area contributed by atoms with E-state index < -0.39 is 36.0 Å². The summed E-state index contributed by atoms with van der Waals surface area (Å²) in [5, 5.41) is 12.4. The molecule has 0 aliphatic carbocycles. The van der Waals surface area contributed by atoms with Gasteiger partial charge in [0.15, 0.2) is 0 Å². The molecule has 2 N–H and O–H groups in total. The average molecular weight is 554 g/mol. The highest BCUT2D eigenvalue weighted by Crippen LogP contribution is 2.29. The van der Waals surface area contributed by atoms with E-state index in [2.05, 4.69) is 5.32 Å². The van der Waals surface area contributed by atoms with E-state index >= 15 is 0 Å². The predicted octanol–water partition coefficient (Wildman–Crippen LogP) is 3.20. The minimum atomic E-state index is -2.25. The molecule has 0 heterocycles. The highest BCUT2D eigenvalue weighted by atomic mass is 16.6. The Morgan fingerprint density at radius 2 is 1.15 bits per heavy atom. The molecule has 0 saturated heterocycles. The Morgan fingerprint density at radius 1 is 0.650 bits per heavy atom. The lowest BCUT2D eigenvalue weighted by molar-refractivity contribution is -0.157. The van der Waals surface area contributed by atoms with Gasteiger partial charge in [-0.3, -0.25) is 4.79 Å². The summed E-state index contributed by atoms with van der Waals surface area (Å²) in [7, 11) is 5.54. The number of carboxylic acids is 1. The molecule has 0 bridgehead atoms. The summed E-state index contributed by atoms with van der Waals surface area (Å²) in [5.41, 5.74) is -0.0183. The molecule has 0 aromatic heterocycles. The molecule has 12 heteroatoms. The Labute approximate surface area is 229 Å². The smallest absolute Gasteiger partial charge is 0.349 e. The van der Waals surface area contributed by atoms with Gasteiger partial charge in [0.05, 0.1) is 45.3 Å². The number of hydrogen-bond donors (Lipinski definition) is 2. The van der Waals surface area contributed by atoms with Crippen LogP contribution in [0, 0.1) is 0 Å². The summed E-state index contributed by atoms with van der Waals surface area (Å²) >= 11 is 0. The molecule has 0 unspecified atom stereocenters. The third-order valence-corrected chi connectivity index (χ3v) is 5.52. The number of esters is 2. The van der Waals surface area contributed by atoms with Crippen molar-refractivity contribution in [2.24, 2.45) is 0 Å². The number of aliphatic carboxylic acids is 1. The molecule has 3 rings (SSSR count). The van der Waals surface area contributed by atoms with Gasteiger partial charge in [0.25, 0.3) is 5.91 Å². The fraction of sp³-hybridized carbons (Fsp3) is 0.214. The molecule has 0 aliphatic rings. The van der Waals surface area contributed by atoms with Gasteiger partial charge in [0, 0.05) is 6.07 Å². The molecule has 2 atom stereocenters. The number of nitrogens with one attached hydrogen (secondary N) is 1. The van der Waals surface area contributed by atoms with Crippen LogP contribution < -0.4 is 24.3 Å². The van der Waals surface area contributed by atoms with E-state index in [4.69, 9.17) is 28.4 Å². The van der Waals surface area contributed by atoms with Crippen LogP contribution in [0.5, 0.6) is 23.0 Å². The maximum absolute atomic E-state index is 13.5. The Kier molecular flexibility index (Phi) is 9.90. The van der Waals surface area contributed by atoms with E-state index in [1.54, 1.807) is 18.2 Å². The third kappa shape index (κ3) is 7.19. The van der Waals surface area contributed by atoms with Gasteiger partial charge in [-0.2, -0.15) is 0 Å². The summed E-state index contributed by atoms with van der Waals surface area (Å²) in [6.07, 6.45) is -4.38. The first kappa shape index (κ1) is 29.3. The summed E-state index contributed by atoms with van der Waals surface area (Å²) in [5.74, 6) is -3.85. The van der Waals surface area contributed by atoms with Crippen molar-refractivity contribution in [2.45, 2.75) is 12.2 Å². The van der Waals surface area contributed by atoms with Gasteiger partial charge in [-0.1, -0.05) is 12.1 Å². The number of carbonyl (C=O) groups is 4. The van der Waals surface area contributed by atoms with Gasteiger partial charge in [0.1, 0.15) is 23.0 Å². The fourth-order valence-corrected chi connectivity index (χ4v) is 3.48. The van der Waals surface area contributed by atoms with Crippen molar-refractivity contribution in [1.29, 1.82) is 0 Å². The van der Waals surface area contributed by atoms with Crippen LogP contribution in [0.4, 0.5) is 5.69 Å². The van der Waals surface area contributed by atoms with Gasteiger partial charge in [-0.05, 0) is 48.5 Å². The minimum Gasteiger partial charge on any atom is -0.497 e. The maximum atomic E-state index is 13.5. The number of amides is 1. The van der Waals surface area contributed by atoms with Crippen molar-refractivity contribution >= 4 is 29.5 Å². The lowest BCUT2D eigenvalue weighted by atomic mass is 10.1. The van der Waals surface area contributed by atoms with Gasteiger partial charge < -0.3 is 38.8 Å². The Balaban J connectivity index is 1.99. The number of ether oxygens (including phenoxy) is 6. The molecular weight excluding hydrogens is 526 g/mol. The molecule has 0 fully saturated rings. The van der Waals surface area contributed by atoms with Crippen LogP contribution in [0.2, 0.25) is 0 Å². The first-order valence-corrected chi connectivity index (χ1v) is 11.7. The largest absolute Gasteiger partial charge is 0.497 e. The number of anilines is 1. The number of carbonyl (C=O) groups excluding carboxylic acids is 3. The van der Waals surface area contributed by atoms with E-state index in [1.165, 1.54) is 77.0 Å². The van der Waals surface area contributed by atoms with E-state index in [0.29, 0.717) is 17.2 Å². The first-order chi connectivity index (χ1) is 19.2. The van der Waals surface area contributed by atoms with Crippen LogP contribution in [0.1, 0.15) is 20.7 Å². The van der Waals surface area contributed by atoms with E-state index in [-0.39, 0.29) is 22.6 Å². The van der Waals surface area contributed by atoms with Crippen LogP contribution in [-0.2, 0) is 19.1 Å². The van der Waals surface area contributed by atoms with Gasteiger partial charge in [0.2, 0.25) is 12.2 Å². The standard InChI is InChI=1S/C28H27NO11/c1-35-18-9-5-7-16(13-18)27(33)39-23(25(30)29-21-15-20(37-3)11-12-22(21)38-4)24(26(31)32)40-28(34)17-8-6-10-19(14-17)36-2/h5-15,23-24H,1-4H3,(H,29,30)(H,31,32)/t23-,24+/m1/s1. The monoisotopic (exact) mass is 553 g/mol. The lowest BCUT2D eigenvalue weighted by Crippen LogP contribution is -2.48. The summed E-state index contributed by atoms with van der Waals surface area (Å²) in [6, 6.07) is 16.0. The average Bonchev–Trinajstić information content (AvgIpc) is 2.98. The summed E-state index contributed by atoms with van der Waals surface area (Å²) in [4.78, 5) is 51.6. The number of benzene rings is 3. The van der Waals surface area contributed by atoms with Crippen molar-refractivity contribution < 1.29 is 52.7 Å². The van der Waals surface area contributed by atoms with E-state index in [9.17, 15) is 24.3 Å². The van der Waals surface area contributed by atoms with Crippen LogP contribution in [-0.4, -0.2) is 69.6 Å². The highest BCUT2D eigenvalue weighted by molar-refractivity contribution is 6.02. The Morgan fingerprint density at radius 3 is 1.62 bits per heavy atom.